The molecule has 0 saturated carbocycles. The van der Waals surface area contributed by atoms with Crippen LogP contribution in [-0.2, 0) is 19.6 Å². The summed E-state index contributed by atoms with van der Waals surface area (Å²) in [6, 6.07) is 11.5. The first-order valence-corrected chi connectivity index (χ1v) is 10.2. The van der Waals surface area contributed by atoms with Crippen molar-refractivity contribution < 1.29 is 18.0 Å². The molecule has 0 fully saturated rings. The first-order valence-electron chi connectivity index (χ1n) is 7.98. The van der Waals surface area contributed by atoms with Gasteiger partial charge in [0, 0.05) is 12.6 Å². The van der Waals surface area contributed by atoms with Crippen molar-refractivity contribution >= 4 is 50.5 Å². The Labute approximate surface area is 163 Å². The molecule has 2 aromatic rings. The summed E-state index contributed by atoms with van der Waals surface area (Å²) in [6.45, 7) is 2.74. The summed E-state index contributed by atoms with van der Waals surface area (Å²) in [6.07, 6.45) is 1.04. The Kier molecular flexibility index (Phi) is 6.45. The van der Waals surface area contributed by atoms with Crippen LogP contribution in [0.3, 0.4) is 0 Å². The largest absolute Gasteiger partial charge is 0.326 e. The normalized spacial score (nSPS) is 11.0. The van der Waals surface area contributed by atoms with Crippen molar-refractivity contribution in [3.63, 3.8) is 0 Å². The Balaban J connectivity index is 2.20. The summed E-state index contributed by atoms with van der Waals surface area (Å²) in [5.41, 5.74) is 1.97. The average Bonchev–Trinajstić information content (AvgIpc) is 2.54. The maximum absolute atomic E-state index is 12.4. The van der Waals surface area contributed by atoms with Crippen molar-refractivity contribution in [3.05, 3.63) is 53.1 Å². The van der Waals surface area contributed by atoms with E-state index in [9.17, 15) is 18.0 Å². The van der Waals surface area contributed by atoms with Gasteiger partial charge in [-0.3, -0.25) is 13.9 Å². The zero-order valence-corrected chi connectivity index (χ0v) is 16.7. The topological polar surface area (TPSA) is 95.6 Å². The molecule has 0 aromatic heterocycles. The van der Waals surface area contributed by atoms with Gasteiger partial charge in [-0.25, -0.2) is 8.42 Å². The Hall–Kier alpha value is -2.58. The molecule has 2 rings (SSSR count). The van der Waals surface area contributed by atoms with E-state index in [0.29, 0.717) is 17.1 Å². The Bertz CT molecular complexity index is 976. The molecule has 0 aliphatic heterocycles. The number of halogens is 1. The number of anilines is 3. The van der Waals surface area contributed by atoms with E-state index in [-0.39, 0.29) is 10.9 Å². The minimum absolute atomic E-state index is 0.219. The summed E-state index contributed by atoms with van der Waals surface area (Å²) < 4.78 is 25.4. The molecule has 2 aromatic carbocycles. The second-order valence-electron chi connectivity index (χ2n) is 5.98. The van der Waals surface area contributed by atoms with Crippen LogP contribution in [0, 0.1) is 6.92 Å². The quantitative estimate of drug-likeness (QED) is 0.766. The molecule has 0 aliphatic rings. The molecule has 0 aliphatic carbocycles. The fourth-order valence-electron chi connectivity index (χ4n) is 2.44. The number of benzene rings is 2. The number of carbonyl (C=O) groups is 2. The van der Waals surface area contributed by atoms with Crippen LogP contribution in [0.15, 0.2) is 42.5 Å². The second-order valence-corrected chi connectivity index (χ2v) is 8.29. The van der Waals surface area contributed by atoms with Crippen LogP contribution >= 0.6 is 11.6 Å². The van der Waals surface area contributed by atoms with Gasteiger partial charge in [0.15, 0.2) is 0 Å². The zero-order chi connectivity index (χ0) is 20.2. The van der Waals surface area contributed by atoms with Gasteiger partial charge in [-0.1, -0.05) is 29.8 Å². The third kappa shape index (κ3) is 5.70. The van der Waals surface area contributed by atoms with Gasteiger partial charge in [-0.2, -0.15) is 0 Å². The first kappa shape index (κ1) is 20.7. The number of hydrogen-bond donors (Lipinski definition) is 2. The number of para-hydroxylation sites is 1. The predicted molar refractivity (Wildman–Crippen MR) is 108 cm³/mol. The van der Waals surface area contributed by atoms with Crippen LogP contribution in [0.5, 0.6) is 0 Å². The van der Waals surface area contributed by atoms with Gasteiger partial charge in [0.25, 0.3) is 0 Å². The molecule has 0 unspecified atom stereocenters. The van der Waals surface area contributed by atoms with Crippen LogP contribution in [0.25, 0.3) is 0 Å². The second kappa shape index (κ2) is 8.41. The number of amides is 2. The van der Waals surface area contributed by atoms with Crippen molar-refractivity contribution in [2.45, 2.75) is 13.8 Å². The van der Waals surface area contributed by atoms with Crippen LogP contribution in [0.4, 0.5) is 17.1 Å². The summed E-state index contributed by atoms with van der Waals surface area (Å²) >= 11 is 6.13. The van der Waals surface area contributed by atoms with Gasteiger partial charge in [0.05, 0.1) is 22.7 Å². The lowest BCUT2D eigenvalue weighted by atomic mass is 10.2. The van der Waals surface area contributed by atoms with Gasteiger partial charge in [-0.05, 0) is 36.8 Å². The van der Waals surface area contributed by atoms with Gasteiger partial charge in [0.1, 0.15) is 6.54 Å². The van der Waals surface area contributed by atoms with Crippen molar-refractivity contribution in [1.82, 2.24) is 0 Å². The number of aryl methyl sites for hydroxylation is 1. The summed E-state index contributed by atoms with van der Waals surface area (Å²) in [5, 5.41) is 5.39. The van der Waals surface area contributed by atoms with Gasteiger partial charge >= 0.3 is 0 Å². The molecule has 7 nitrogen and oxygen atoms in total. The molecule has 144 valence electrons. The molecular formula is C18H20ClN3O4S. The first-order chi connectivity index (χ1) is 12.6. The van der Waals surface area contributed by atoms with E-state index < -0.39 is 22.5 Å². The molecule has 2 N–H and O–H groups in total. The molecule has 0 heterocycles. The number of hydrogen-bond acceptors (Lipinski definition) is 4. The van der Waals surface area contributed by atoms with Crippen LogP contribution in [0.2, 0.25) is 5.02 Å². The maximum Gasteiger partial charge on any atom is 0.245 e. The minimum Gasteiger partial charge on any atom is -0.326 e. The van der Waals surface area contributed by atoms with E-state index in [1.807, 2.05) is 0 Å². The number of rotatable bonds is 6. The summed E-state index contributed by atoms with van der Waals surface area (Å²) in [5.74, 6) is -0.789. The van der Waals surface area contributed by atoms with E-state index in [4.69, 9.17) is 11.6 Å². The van der Waals surface area contributed by atoms with Gasteiger partial charge < -0.3 is 10.6 Å². The van der Waals surface area contributed by atoms with E-state index in [1.54, 1.807) is 37.3 Å². The van der Waals surface area contributed by atoms with E-state index in [1.165, 1.54) is 19.1 Å². The molecule has 0 spiro atoms. The fraction of sp³-hybridized carbons (Fsp3) is 0.222. The van der Waals surface area contributed by atoms with Crippen molar-refractivity contribution in [2.75, 3.05) is 27.7 Å². The lowest BCUT2D eigenvalue weighted by Crippen LogP contribution is -2.37. The lowest BCUT2D eigenvalue weighted by Gasteiger charge is -2.23. The Morgan fingerprint density at radius 3 is 2.33 bits per heavy atom. The monoisotopic (exact) mass is 409 g/mol. The van der Waals surface area contributed by atoms with Crippen LogP contribution < -0.4 is 14.9 Å². The van der Waals surface area contributed by atoms with Crippen LogP contribution in [0.1, 0.15) is 12.5 Å². The number of sulfonamides is 1. The minimum atomic E-state index is -3.67. The zero-order valence-electron chi connectivity index (χ0n) is 15.1. The van der Waals surface area contributed by atoms with E-state index >= 15 is 0 Å². The molecule has 0 saturated heterocycles. The fourth-order valence-corrected chi connectivity index (χ4v) is 3.58. The number of nitrogens with zero attached hydrogens (tertiary/aromatic N) is 1. The third-order valence-corrected chi connectivity index (χ3v) is 5.07. The third-order valence-electron chi connectivity index (χ3n) is 3.64. The molecule has 0 radical (unpaired) electrons. The van der Waals surface area contributed by atoms with E-state index in [0.717, 1.165) is 16.1 Å². The smallest absolute Gasteiger partial charge is 0.245 e. The number of carbonyl (C=O) groups excluding carboxylic acids is 2. The standard InChI is InChI=1S/C18H20ClN3O4S/c1-12-6-4-5-7-17(12)22(27(3,25)26)11-18(24)21-16-9-8-14(10-15(16)19)20-13(2)23/h4-10H,11H2,1-3H3,(H,20,23)(H,21,24). The number of nitrogens with one attached hydrogen (secondary N) is 2. The highest BCUT2D eigenvalue weighted by Crippen LogP contribution is 2.26. The van der Waals surface area contributed by atoms with E-state index in [2.05, 4.69) is 10.6 Å². The van der Waals surface area contributed by atoms with Crippen LogP contribution in [-0.4, -0.2) is 33.0 Å². The molecule has 0 bridgehead atoms. The molecule has 9 heteroatoms. The highest BCUT2D eigenvalue weighted by molar-refractivity contribution is 7.92. The lowest BCUT2D eigenvalue weighted by molar-refractivity contribution is -0.115. The summed E-state index contributed by atoms with van der Waals surface area (Å²) in [7, 11) is -3.67. The molecular weight excluding hydrogens is 390 g/mol. The van der Waals surface area contributed by atoms with Gasteiger partial charge in [-0.15, -0.1) is 0 Å². The maximum atomic E-state index is 12.4. The Morgan fingerprint density at radius 2 is 1.78 bits per heavy atom. The van der Waals surface area contributed by atoms with Crippen molar-refractivity contribution in [1.29, 1.82) is 0 Å². The molecule has 27 heavy (non-hydrogen) atoms. The summed E-state index contributed by atoms with van der Waals surface area (Å²) in [4.78, 5) is 23.5. The average molecular weight is 410 g/mol. The van der Waals surface area contributed by atoms with Crippen molar-refractivity contribution in [3.8, 4) is 0 Å². The highest BCUT2D eigenvalue weighted by atomic mass is 35.5. The molecule has 2 amide bonds. The molecule has 0 atom stereocenters. The Morgan fingerprint density at radius 1 is 1.11 bits per heavy atom. The SMILES string of the molecule is CC(=O)Nc1ccc(NC(=O)CN(c2ccccc2C)S(C)(=O)=O)c(Cl)c1. The highest BCUT2D eigenvalue weighted by Gasteiger charge is 2.22. The van der Waals surface area contributed by atoms with Gasteiger partial charge in [0.2, 0.25) is 21.8 Å². The van der Waals surface area contributed by atoms with Crippen molar-refractivity contribution in [2.24, 2.45) is 0 Å². The predicted octanol–water partition coefficient (Wildman–Crippen LogP) is 3.01.